The van der Waals surface area contributed by atoms with Gasteiger partial charge in [0.05, 0.1) is 7.11 Å². The number of rotatable bonds is 7. The third-order valence-electron chi connectivity index (χ3n) is 3.18. The predicted octanol–water partition coefficient (Wildman–Crippen LogP) is 4.04. The van der Waals surface area contributed by atoms with Crippen molar-refractivity contribution in [3.05, 3.63) is 52.2 Å². The van der Waals surface area contributed by atoms with Crippen LogP contribution in [0.1, 0.15) is 30.5 Å². The molecular formula is C16H21NOS. The fraction of sp³-hybridized carbons (Fsp3) is 0.375. The zero-order chi connectivity index (χ0) is 13.5. The van der Waals surface area contributed by atoms with E-state index in [0.29, 0.717) is 6.04 Å². The van der Waals surface area contributed by atoms with Gasteiger partial charge < -0.3 is 10.1 Å². The molecule has 1 aromatic heterocycles. The fourth-order valence-electron chi connectivity index (χ4n) is 2.11. The summed E-state index contributed by atoms with van der Waals surface area (Å²) < 4.78 is 5.22. The van der Waals surface area contributed by atoms with Crippen molar-refractivity contribution < 1.29 is 4.74 Å². The lowest BCUT2D eigenvalue weighted by Crippen LogP contribution is -2.23. The largest absolute Gasteiger partial charge is 0.497 e. The smallest absolute Gasteiger partial charge is 0.118 e. The maximum atomic E-state index is 5.22. The molecule has 0 amide bonds. The molecule has 2 nitrogen and oxygen atoms in total. The number of benzene rings is 1. The molecule has 0 spiro atoms. The molecule has 2 aromatic rings. The van der Waals surface area contributed by atoms with Gasteiger partial charge in [0.2, 0.25) is 0 Å². The molecule has 0 saturated carbocycles. The molecule has 0 aliphatic carbocycles. The first-order valence-corrected chi connectivity index (χ1v) is 7.66. The topological polar surface area (TPSA) is 21.3 Å². The van der Waals surface area contributed by atoms with Crippen molar-refractivity contribution in [3.63, 3.8) is 0 Å². The average molecular weight is 275 g/mol. The second-order valence-electron chi connectivity index (χ2n) is 4.62. The number of ether oxygens (including phenoxy) is 1. The molecule has 3 heteroatoms. The van der Waals surface area contributed by atoms with E-state index in [1.807, 2.05) is 12.1 Å². The van der Waals surface area contributed by atoms with Gasteiger partial charge >= 0.3 is 0 Å². The second kappa shape index (κ2) is 7.31. The van der Waals surface area contributed by atoms with E-state index < -0.39 is 0 Å². The van der Waals surface area contributed by atoms with Crippen molar-refractivity contribution in [3.8, 4) is 5.75 Å². The summed E-state index contributed by atoms with van der Waals surface area (Å²) >= 11 is 1.76. The van der Waals surface area contributed by atoms with Crippen LogP contribution in [-0.4, -0.2) is 13.7 Å². The Bertz CT molecular complexity index is 464. The Morgan fingerprint density at radius 2 is 2.00 bits per heavy atom. The predicted molar refractivity (Wildman–Crippen MR) is 82.1 cm³/mol. The summed E-state index contributed by atoms with van der Waals surface area (Å²) in [5.74, 6) is 0.911. The van der Waals surface area contributed by atoms with Crippen LogP contribution in [0.15, 0.2) is 41.1 Å². The van der Waals surface area contributed by atoms with E-state index in [1.54, 1.807) is 18.4 Å². The lowest BCUT2D eigenvalue weighted by Gasteiger charge is -2.19. The lowest BCUT2D eigenvalue weighted by atomic mass is 10.0. The first kappa shape index (κ1) is 14.1. The highest BCUT2D eigenvalue weighted by Gasteiger charge is 2.11. The molecule has 1 heterocycles. The van der Waals surface area contributed by atoms with E-state index in [-0.39, 0.29) is 0 Å². The fourth-order valence-corrected chi connectivity index (χ4v) is 2.79. The van der Waals surface area contributed by atoms with Crippen LogP contribution in [0.25, 0.3) is 0 Å². The molecule has 0 aliphatic rings. The molecule has 19 heavy (non-hydrogen) atoms. The maximum absolute atomic E-state index is 5.22. The van der Waals surface area contributed by atoms with Crippen molar-refractivity contribution in [2.75, 3.05) is 13.7 Å². The molecule has 2 rings (SSSR count). The standard InChI is InChI=1S/C16H21NOS/c1-3-9-17-16(11-13-8-10-19-12-13)14-4-6-15(18-2)7-5-14/h4-8,10,12,16-17H,3,9,11H2,1-2H3. The first-order chi connectivity index (χ1) is 9.33. The Balaban J connectivity index is 2.10. The Kier molecular flexibility index (Phi) is 5.43. The van der Waals surface area contributed by atoms with Gasteiger partial charge in [-0.25, -0.2) is 0 Å². The van der Waals surface area contributed by atoms with Crippen LogP contribution in [0.2, 0.25) is 0 Å². The summed E-state index contributed by atoms with van der Waals surface area (Å²) in [7, 11) is 1.70. The van der Waals surface area contributed by atoms with Crippen LogP contribution in [0, 0.1) is 0 Å². The number of methoxy groups -OCH3 is 1. The quantitative estimate of drug-likeness (QED) is 0.823. The average Bonchev–Trinajstić information content (AvgIpc) is 2.96. The summed E-state index contributed by atoms with van der Waals surface area (Å²) in [5, 5.41) is 7.99. The molecule has 0 bridgehead atoms. The van der Waals surface area contributed by atoms with Gasteiger partial charge in [-0.1, -0.05) is 19.1 Å². The highest BCUT2D eigenvalue weighted by molar-refractivity contribution is 7.07. The van der Waals surface area contributed by atoms with E-state index in [1.165, 1.54) is 11.1 Å². The minimum atomic E-state index is 0.375. The Morgan fingerprint density at radius 3 is 2.58 bits per heavy atom. The van der Waals surface area contributed by atoms with Gasteiger partial charge in [0.15, 0.2) is 0 Å². The number of nitrogens with one attached hydrogen (secondary N) is 1. The third-order valence-corrected chi connectivity index (χ3v) is 3.91. The Morgan fingerprint density at radius 1 is 1.21 bits per heavy atom. The number of hydrogen-bond acceptors (Lipinski definition) is 3. The van der Waals surface area contributed by atoms with Gasteiger partial charge in [0, 0.05) is 6.04 Å². The van der Waals surface area contributed by atoms with Crippen molar-refractivity contribution in [1.29, 1.82) is 0 Å². The molecule has 0 radical (unpaired) electrons. The second-order valence-corrected chi connectivity index (χ2v) is 5.40. The van der Waals surface area contributed by atoms with Crippen molar-refractivity contribution in [2.45, 2.75) is 25.8 Å². The molecule has 102 valence electrons. The van der Waals surface area contributed by atoms with Crippen LogP contribution in [-0.2, 0) is 6.42 Å². The summed E-state index contributed by atoms with van der Waals surface area (Å²) in [5.41, 5.74) is 2.72. The molecule has 0 fully saturated rings. The SMILES string of the molecule is CCCNC(Cc1ccsc1)c1ccc(OC)cc1. The minimum absolute atomic E-state index is 0.375. The van der Waals surface area contributed by atoms with Gasteiger partial charge in [-0.2, -0.15) is 11.3 Å². The normalized spacial score (nSPS) is 12.3. The van der Waals surface area contributed by atoms with Gasteiger partial charge in [-0.3, -0.25) is 0 Å². The first-order valence-electron chi connectivity index (χ1n) is 6.72. The Labute approximate surface area is 119 Å². The van der Waals surface area contributed by atoms with Crippen LogP contribution in [0.4, 0.5) is 0 Å². The van der Waals surface area contributed by atoms with E-state index in [4.69, 9.17) is 4.74 Å². The van der Waals surface area contributed by atoms with E-state index in [0.717, 1.165) is 25.1 Å². The maximum Gasteiger partial charge on any atom is 0.118 e. The van der Waals surface area contributed by atoms with Crippen LogP contribution in [0.5, 0.6) is 5.75 Å². The molecular weight excluding hydrogens is 254 g/mol. The monoisotopic (exact) mass is 275 g/mol. The zero-order valence-corrected chi connectivity index (χ0v) is 12.4. The van der Waals surface area contributed by atoms with E-state index in [2.05, 4.69) is 41.2 Å². The summed E-state index contributed by atoms with van der Waals surface area (Å²) in [6.45, 7) is 3.24. The van der Waals surface area contributed by atoms with Crippen molar-refractivity contribution >= 4 is 11.3 Å². The van der Waals surface area contributed by atoms with E-state index in [9.17, 15) is 0 Å². The van der Waals surface area contributed by atoms with Crippen LogP contribution < -0.4 is 10.1 Å². The van der Waals surface area contributed by atoms with Gasteiger partial charge in [0.1, 0.15) is 5.75 Å². The Hall–Kier alpha value is -1.32. The summed E-state index contributed by atoms with van der Waals surface area (Å²) in [4.78, 5) is 0. The van der Waals surface area contributed by atoms with Crippen molar-refractivity contribution in [2.24, 2.45) is 0 Å². The lowest BCUT2D eigenvalue weighted by molar-refractivity contribution is 0.414. The highest BCUT2D eigenvalue weighted by atomic mass is 32.1. The van der Waals surface area contributed by atoms with Gasteiger partial charge in [-0.05, 0) is 59.5 Å². The zero-order valence-electron chi connectivity index (χ0n) is 11.6. The van der Waals surface area contributed by atoms with Crippen LogP contribution in [0.3, 0.4) is 0 Å². The summed E-state index contributed by atoms with van der Waals surface area (Å²) in [6, 6.07) is 10.9. The molecule has 0 saturated heterocycles. The molecule has 1 atom stereocenters. The van der Waals surface area contributed by atoms with E-state index >= 15 is 0 Å². The highest BCUT2D eigenvalue weighted by Crippen LogP contribution is 2.22. The number of hydrogen-bond donors (Lipinski definition) is 1. The third kappa shape index (κ3) is 4.08. The molecule has 1 unspecified atom stereocenters. The van der Waals surface area contributed by atoms with Gasteiger partial charge in [0.25, 0.3) is 0 Å². The number of thiophene rings is 1. The minimum Gasteiger partial charge on any atom is -0.497 e. The van der Waals surface area contributed by atoms with Crippen LogP contribution >= 0.6 is 11.3 Å². The molecule has 1 N–H and O–H groups in total. The molecule has 1 aromatic carbocycles. The molecule has 0 aliphatic heterocycles. The van der Waals surface area contributed by atoms with Gasteiger partial charge in [-0.15, -0.1) is 0 Å². The van der Waals surface area contributed by atoms with Crippen molar-refractivity contribution in [1.82, 2.24) is 5.32 Å². The summed E-state index contributed by atoms with van der Waals surface area (Å²) in [6.07, 6.45) is 2.19.